The van der Waals surface area contributed by atoms with Crippen LogP contribution in [0.3, 0.4) is 0 Å². The number of nitrogens with one attached hydrogen (secondary N) is 1. The van der Waals surface area contributed by atoms with Gasteiger partial charge in [0.1, 0.15) is 17.1 Å². The zero-order valence-electron chi connectivity index (χ0n) is 10.1. The third-order valence-corrected chi connectivity index (χ3v) is 2.45. The number of pyridine rings is 1. The number of benzene rings is 1. The van der Waals surface area contributed by atoms with Gasteiger partial charge in [-0.3, -0.25) is 4.79 Å². The van der Waals surface area contributed by atoms with E-state index >= 15 is 0 Å². The summed E-state index contributed by atoms with van der Waals surface area (Å²) in [6, 6.07) is 7.26. The van der Waals surface area contributed by atoms with E-state index in [2.05, 4.69) is 10.3 Å². The van der Waals surface area contributed by atoms with Crippen molar-refractivity contribution in [1.82, 2.24) is 4.98 Å². The second kappa shape index (κ2) is 5.26. The minimum atomic E-state index is -0.623. The molecule has 0 radical (unpaired) electrons. The van der Waals surface area contributed by atoms with Crippen LogP contribution in [0.1, 0.15) is 10.4 Å². The minimum absolute atomic E-state index is 0.182. The SMILES string of the molecule is COc1ccc(NC(=O)c2c(O)cccc2O)cn1. The summed E-state index contributed by atoms with van der Waals surface area (Å²) >= 11 is 0. The van der Waals surface area contributed by atoms with Gasteiger partial charge in [-0.15, -0.1) is 0 Å². The van der Waals surface area contributed by atoms with Crippen LogP contribution < -0.4 is 10.1 Å². The lowest BCUT2D eigenvalue weighted by molar-refractivity contribution is 0.102. The lowest BCUT2D eigenvalue weighted by Crippen LogP contribution is -2.12. The number of ether oxygens (including phenoxy) is 1. The summed E-state index contributed by atoms with van der Waals surface area (Å²) in [6.07, 6.45) is 1.41. The average Bonchev–Trinajstić information content (AvgIpc) is 2.39. The number of carbonyl (C=O) groups is 1. The number of nitrogens with zero attached hydrogens (tertiary/aromatic N) is 1. The lowest BCUT2D eigenvalue weighted by atomic mass is 10.1. The van der Waals surface area contributed by atoms with Gasteiger partial charge < -0.3 is 20.3 Å². The number of phenols is 2. The predicted molar refractivity (Wildman–Crippen MR) is 68.5 cm³/mol. The summed E-state index contributed by atoms with van der Waals surface area (Å²) in [5, 5.41) is 21.6. The Labute approximate surface area is 109 Å². The van der Waals surface area contributed by atoms with Crippen molar-refractivity contribution in [3.63, 3.8) is 0 Å². The van der Waals surface area contributed by atoms with Crippen LogP contribution in [0.4, 0.5) is 5.69 Å². The molecule has 0 fully saturated rings. The number of aromatic hydroxyl groups is 2. The number of anilines is 1. The Morgan fingerprint density at radius 2 is 1.89 bits per heavy atom. The van der Waals surface area contributed by atoms with Crippen LogP contribution in [0.25, 0.3) is 0 Å². The second-order valence-corrected chi connectivity index (χ2v) is 3.71. The highest BCUT2D eigenvalue weighted by Gasteiger charge is 2.16. The topological polar surface area (TPSA) is 91.7 Å². The number of amides is 1. The fraction of sp³-hybridized carbons (Fsp3) is 0.0769. The van der Waals surface area contributed by atoms with Crippen molar-refractivity contribution >= 4 is 11.6 Å². The normalized spacial score (nSPS) is 9.95. The maximum absolute atomic E-state index is 11.9. The molecule has 0 aliphatic rings. The van der Waals surface area contributed by atoms with Crippen molar-refractivity contribution in [1.29, 1.82) is 0 Å². The summed E-state index contributed by atoms with van der Waals surface area (Å²) < 4.78 is 4.89. The summed E-state index contributed by atoms with van der Waals surface area (Å²) in [5.41, 5.74) is 0.242. The molecular formula is C13H12N2O4. The highest BCUT2D eigenvalue weighted by Crippen LogP contribution is 2.27. The molecule has 0 spiro atoms. The van der Waals surface area contributed by atoms with Crippen molar-refractivity contribution in [2.24, 2.45) is 0 Å². The van der Waals surface area contributed by atoms with Gasteiger partial charge in [0.15, 0.2) is 0 Å². The largest absolute Gasteiger partial charge is 0.507 e. The predicted octanol–water partition coefficient (Wildman–Crippen LogP) is 1.75. The van der Waals surface area contributed by atoms with Gasteiger partial charge in [0.2, 0.25) is 5.88 Å². The van der Waals surface area contributed by atoms with Gasteiger partial charge in [0.25, 0.3) is 5.91 Å². The van der Waals surface area contributed by atoms with Gasteiger partial charge in [-0.2, -0.15) is 0 Å². The Kier molecular flexibility index (Phi) is 3.51. The van der Waals surface area contributed by atoms with Crippen LogP contribution in [0, 0.1) is 0 Å². The molecule has 3 N–H and O–H groups in total. The third kappa shape index (κ3) is 2.74. The van der Waals surface area contributed by atoms with Gasteiger partial charge in [-0.1, -0.05) is 6.07 Å². The summed E-state index contributed by atoms with van der Waals surface area (Å²) in [5.74, 6) is -0.788. The number of carbonyl (C=O) groups excluding carboxylic acids is 1. The van der Waals surface area contributed by atoms with E-state index in [1.165, 1.54) is 31.5 Å². The van der Waals surface area contributed by atoms with Gasteiger partial charge in [0.05, 0.1) is 19.0 Å². The van der Waals surface area contributed by atoms with E-state index in [9.17, 15) is 15.0 Å². The monoisotopic (exact) mass is 260 g/mol. The molecule has 6 heteroatoms. The van der Waals surface area contributed by atoms with Gasteiger partial charge in [0, 0.05) is 6.07 Å². The molecule has 0 aliphatic heterocycles. The van der Waals surface area contributed by atoms with Crippen LogP contribution in [0.2, 0.25) is 0 Å². The Bertz CT molecular complexity index is 576. The molecule has 6 nitrogen and oxygen atoms in total. The molecule has 0 unspecified atom stereocenters. The fourth-order valence-corrected chi connectivity index (χ4v) is 1.53. The highest BCUT2D eigenvalue weighted by molar-refractivity contribution is 6.07. The molecule has 0 saturated carbocycles. The number of phenolic OH excluding ortho intramolecular Hbond substituents is 2. The zero-order valence-corrected chi connectivity index (χ0v) is 10.1. The van der Waals surface area contributed by atoms with Gasteiger partial charge in [-0.25, -0.2) is 4.98 Å². The third-order valence-electron chi connectivity index (χ3n) is 2.45. The van der Waals surface area contributed by atoms with Gasteiger partial charge in [-0.05, 0) is 18.2 Å². The van der Waals surface area contributed by atoms with Crippen LogP contribution in [0.5, 0.6) is 17.4 Å². The number of methoxy groups -OCH3 is 1. The molecule has 1 heterocycles. The van der Waals surface area contributed by atoms with Crippen molar-refractivity contribution in [3.8, 4) is 17.4 Å². The smallest absolute Gasteiger partial charge is 0.263 e. The Morgan fingerprint density at radius 1 is 1.21 bits per heavy atom. The first-order valence-corrected chi connectivity index (χ1v) is 5.44. The Morgan fingerprint density at radius 3 is 2.42 bits per heavy atom. The van der Waals surface area contributed by atoms with E-state index in [0.29, 0.717) is 11.6 Å². The molecule has 98 valence electrons. The van der Waals surface area contributed by atoms with Crippen molar-refractivity contribution in [2.45, 2.75) is 0 Å². The minimum Gasteiger partial charge on any atom is -0.507 e. The zero-order chi connectivity index (χ0) is 13.8. The molecule has 1 aromatic carbocycles. The standard InChI is InChI=1S/C13H12N2O4/c1-19-11-6-5-8(7-14-11)15-13(18)12-9(16)3-2-4-10(12)17/h2-7,16-17H,1H3,(H,15,18). The molecule has 19 heavy (non-hydrogen) atoms. The molecule has 0 bridgehead atoms. The number of rotatable bonds is 3. The van der Waals surface area contributed by atoms with Crippen molar-refractivity contribution in [2.75, 3.05) is 12.4 Å². The quantitative estimate of drug-likeness (QED) is 0.782. The van der Waals surface area contributed by atoms with Crippen molar-refractivity contribution in [3.05, 3.63) is 42.1 Å². The first-order chi connectivity index (χ1) is 9.11. The molecular weight excluding hydrogens is 248 g/mol. The molecule has 0 atom stereocenters. The van der Waals surface area contributed by atoms with E-state index in [4.69, 9.17) is 4.74 Å². The maximum Gasteiger partial charge on any atom is 0.263 e. The highest BCUT2D eigenvalue weighted by atomic mass is 16.5. The molecule has 1 amide bonds. The van der Waals surface area contributed by atoms with E-state index in [1.807, 2.05) is 0 Å². The molecule has 1 aromatic heterocycles. The molecule has 2 rings (SSSR count). The van der Waals surface area contributed by atoms with E-state index < -0.39 is 5.91 Å². The average molecular weight is 260 g/mol. The second-order valence-electron chi connectivity index (χ2n) is 3.71. The lowest BCUT2D eigenvalue weighted by Gasteiger charge is -2.08. The Balaban J connectivity index is 2.21. The first kappa shape index (κ1) is 12.7. The molecule has 0 saturated heterocycles. The number of aromatic nitrogens is 1. The maximum atomic E-state index is 11.9. The van der Waals surface area contributed by atoms with Crippen LogP contribution in [0.15, 0.2) is 36.5 Å². The van der Waals surface area contributed by atoms with Crippen LogP contribution in [-0.4, -0.2) is 28.2 Å². The molecule has 2 aromatic rings. The Hall–Kier alpha value is -2.76. The molecule has 0 aliphatic carbocycles. The van der Waals surface area contributed by atoms with E-state index in [0.717, 1.165) is 0 Å². The summed E-state index contributed by atoms with van der Waals surface area (Å²) in [4.78, 5) is 15.8. The van der Waals surface area contributed by atoms with Gasteiger partial charge >= 0.3 is 0 Å². The number of hydrogen-bond acceptors (Lipinski definition) is 5. The summed E-state index contributed by atoms with van der Waals surface area (Å²) in [6.45, 7) is 0. The van der Waals surface area contributed by atoms with Crippen molar-refractivity contribution < 1.29 is 19.7 Å². The van der Waals surface area contributed by atoms with E-state index in [1.54, 1.807) is 12.1 Å². The van der Waals surface area contributed by atoms with Crippen LogP contribution >= 0.6 is 0 Å². The summed E-state index contributed by atoms with van der Waals surface area (Å²) in [7, 11) is 1.49. The first-order valence-electron chi connectivity index (χ1n) is 5.44. The van der Waals surface area contributed by atoms with E-state index in [-0.39, 0.29) is 17.1 Å². The number of hydrogen-bond donors (Lipinski definition) is 3. The fourth-order valence-electron chi connectivity index (χ4n) is 1.53. The van der Waals surface area contributed by atoms with Crippen LogP contribution in [-0.2, 0) is 0 Å².